The smallest absolute Gasteiger partial charge is 0.415 e. The summed E-state index contributed by atoms with van der Waals surface area (Å²) in [4.78, 5) is 36.5. The molecule has 1 saturated heterocycles. The number of hydrogen-bond donors (Lipinski definition) is 0. The van der Waals surface area contributed by atoms with Gasteiger partial charge in [-0.1, -0.05) is 19.1 Å². The molecule has 1 heterocycles. The van der Waals surface area contributed by atoms with Crippen molar-refractivity contribution in [1.82, 2.24) is 4.90 Å². The van der Waals surface area contributed by atoms with Gasteiger partial charge in [-0.2, -0.15) is 0 Å². The third-order valence-corrected chi connectivity index (χ3v) is 5.43. The summed E-state index contributed by atoms with van der Waals surface area (Å²) in [6, 6.07) is 10.1. The SMILES string of the molecule is CCc1ccc(C2CC(C(=O)OC)CN(C(=O)Oc3ccc([N+](=O)[O-])cc3)C2)cc1F. The summed E-state index contributed by atoms with van der Waals surface area (Å²) in [5, 5.41) is 10.8. The second kappa shape index (κ2) is 9.55. The number of non-ortho nitro benzene ring substituents is 1. The van der Waals surface area contributed by atoms with Crippen molar-refractivity contribution in [3.05, 3.63) is 69.5 Å². The van der Waals surface area contributed by atoms with Crippen LogP contribution in [0.25, 0.3) is 0 Å². The van der Waals surface area contributed by atoms with Gasteiger partial charge in [-0.3, -0.25) is 14.9 Å². The molecule has 0 saturated carbocycles. The van der Waals surface area contributed by atoms with Crippen molar-refractivity contribution >= 4 is 17.7 Å². The lowest BCUT2D eigenvalue weighted by atomic mass is 9.84. The Morgan fingerprint density at radius 3 is 2.48 bits per heavy atom. The highest BCUT2D eigenvalue weighted by atomic mass is 19.1. The Balaban J connectivity index is 1.79. The molecular weight excluding hydrogens is 407 g/mol. The molecule has 2 unspecified atom stereocenters. The molecule has 31 heavy (non-hydrogen) atoms. The molecule has 3 rings (SSSR count). The lowest BCUT2D eigenvalue weighted by Crippen LogP contribution is -2.46. The molecule has 164 valence electrons. The largest absolute Gasteiger partial charge is 0.469 e. The first-order valence-corrected chi connectivity index (χ1v) is 9.89. The first kappa shape index (κ1) is 22.2. The molecule has 1 aliphatic heterocycles. The first-order valence-electron chi connectivity index (χ1n) is 9.89. The van der Waals surface area contributed by atoms with Crippen molar-refractivity contribution in [2.45, 2.75) is 25.7 Å². The maximum Gasteiger partial charge on any atom is 0.415 e. The topological polar surface area (TPSA) is 99.0 Å². The van der Waals surface area contributed by atoms with E-state index in [2.05, 4.69) is 0 Å². The van der Waals surface area contributed by atoms with E-state index in [9.17, 15) is 24.1 Å². The fraction of sp³-hybridized carbons (Fsp3) is 0.364. The molecule has 0 radical (unpaired) electrons. The van der Waals surface area contributed by atoms with Crippen molar-refractivity contribution < 1.29 is 28.4 Å². The number of nitro groups is 1. The number of rotatable bonds is 5. The average molecular weight is 430 g/mol. The van der Waals surface area contributed by atoms with Crippen LogP contribution in [0.3, 0.4) is 0 Å². The molecule has 2 aromatic carbocycles. The number of aryl methyl sites for hydroxylation is 1. The zero-order valence-corrected chi connectivity index (χ0v) is 17.2. The highest BCUT2D eigenvalue weighted by molar-refractivity contribution is 5.76. The van der Waals surface area contributed by atoms with Gasteiger partial charge in [0.25, 0.3) is 5.69 Å². The summed E-state index contributed by atoms with van der Waals surface area (Å²) in [5.74, 6) is -1.49. The third-order valence-electron chi connectivity index (χ3n) is 5.43. The number of esters is 1. The number of methoxy groups -OCH3 is 1. The number of amides is 1. The van der Waals surface area contributed by atoms with Gasteiger partial charge in [0.1, 0.15) is 11.6 Å². The second-order valence-electron chi connectivity index (χ2n) is 7.38. The molecule has 1 amide bonds. The van der Waals surface area contributed by atoms with E-state index < -0.39 is 22.9 Å². The normalized spacial score (nSPS) is 18.4. The highest BCUT2D eigenvalue weighted by Gasteiger charge is 2.36. The number of carbonyl (C=O) groups is 2. The Hall–Kier alpha value is -3.49. The molecule has 0 bridgehead atoms. The van der Waals surface area contributed by atoms with E-state index in [1.165, 1.54) is 42.3 Å². The Morgan fingerprint density at radius 2 is 1.90 bits per heavy atom. The van der Waals surface area contributed by atoms with E-state index in [0.29, 0.717) is 24.0 Å². The van der Waals surface area contributed by atoms with Crippen LogP contribution < -0.4 is 4.74 Å². The Bertz CT molecular complexity index is 978. The van der Waals surface area contributed by atoms with Crippen LogP contribution in [-0.4, -0.2) is 42.1 Å². The zero-order chi connectivity index (χ0) is 22.5. The van der Waals surface area contributed by atoms with E-state index in [1.807, 2.05) is 13.0 Å². The predicted molar refractivity (Wildman–Crippen MR) is 109 cm³/mol. The molecule has 2 aromatic rings. The number of halogens is 1. The highest BCUT2D eigenvalue weighted by Crippen LogP contribution is 2.32. The van der Waals surface area contributed by atoms with Crippen LogP contribution in [-0.2, 0) is 16.0 Å². The van der Waals surface area contributed by atoms with Gasteiger partial charge in [0.05, 0.1) is 18.0 Å². The monoisotopic (exact) mass is 430 g/mol. The third kappa shape index (κ3) is 5.17. The van der Waals surface area contributed by atoms with Crippen LogP contribution in [0.5, 0.6) is 5.75 Å². The maximum absolute atomic E-state index is 14.3. The van der Waals surface area contributed by atoms with Gasteiger partial charge in [-0.25, -0.2) is 9.18 Å². The number of nitro benzene ring substituents is 1. The number of carbonyl (C=O) groups excluding carboxylic acids is 2. The molecule has 2 atom stereocenters. The average Bonchev–Trinajstić information content (AvgIpc) is 2.78. The van der Waals surface area contributed by atoms with E-state index in [1.54, 1.807) is 6.07 Å². The van der Waals surface area contributed by atoms with Crippen LogP contribution in [0, 0.1) is 21.8 Å². The van der Waals surface area contributed by atoms with Gasteiger partial charge in [0.15, 0.2) is 0 Å². The van der Waals surface area contributed by atoms with Crippen molar-refractivity contribution in [3.8, 4) is 5.75 Å². The fourth-order valence-electron chi connectivity index (χ4n) is 3.73. The van der Waals surface area contributed by atoms with Crippen LogP contribution in [0.15, 0.2) is 42.5 Å². The minimum atomic E-state index is -0.696. The van der Waals surface area contributed by atoms with Crippen molar-refractivity contribution in [3.63, 3.8) is 0 Å². The second-order valence-corrected chi connectivity index (χ2v) is 7.38. The Kier molecular flexibility index (Phi) is 6.84. The van der Waals surface area contributed by atoms with Crippen molar-refractivity contribution in [2.24, 2.45) is 5.92 Å². The molecule has 1 fully saturated rings. The van der Waals surface area contributed by atoms with Gasteiger partial charge >= 0.3 is 12.1 Å². The molecular formula is C22H23FN2O6. The Morgan fingerprint density at radius 1 is 1.19 bits per heavy atom. The maximum atomic E-state index is 14.3. The van der Waals surface area contributed by atoms with Gasteiger partial charge in [0.2, 0.25) is 0 Å². The van der Waals surface area contributed by atoms with Crippen LogP contribution in [0.1, 0.15) is 30.4 Å². The number of hydrogen-bond acceptors (Lipinski definition) is 6. The fourth-order valence-corrected chi connectivity index (χ4v) is 3.73. The lowest BCUT2D eigenvalue weighted by Gasteiger charge is -2.36. The van der Waals surface area contributed by atoms with Gasteiger partial charge in [0, 0.05) is 31.1 Å². The van der Waals surface area contributed by atoms with Crippen LogP contribution >= 0.6 is 0 Å². The van der Waals surface area contributed by atoms with Crippen LogP contribution in [0.4, 0.5) is 14.9 Å². The number of ether oxygens (including phenoxy) is 2. The van der Waals surface area contributed by atoms with Gasteiger partial charge < -0.3 is 14.4 Å². The minimum Gasteiger partial charge on any atom is -0.469 e. The number of nitrogens with zero attached hydrogens (tertiary/aromatic N) is 2. The van der Waals surface area contributed by atoms with E-state index in [4.69, 9.17) is 9.47 Å². The molecule has 1 aliphatic rings. The summed E-state index contributed by atoms with van der Waals surface area (Å²) < 4.78 is 24.5. The zero-order valence-electron chi connectivity index (χ0n) is 17.2. The molecule has 0 aliphatic carbocycles. The molecule has 0 aromatic heterocycles. The van der Waals surface area contributed by atoms with Crippen molar-refractivity contribution in [2.75, 3.05) is 20.2 Å². The van der Waals surface area contributed by atoms with Crippen LogP contribution in [0.2, 0.25) is 0 Å². The van der Waals surface area contributed by atoms with E-state index in [-0.39, 0.29) is 36.3 Å². The minimum absolute atomic E-state index is 0.102. The molecule has 0 N–H and O–H groups in total. The molecule has 0 spiro atoms. The quantitative estimate of drug-likeness (QED) is 0.403. The van der Waals surface area contributed by atoms with E-state index in [0.717, 1.165) is 0 Å². The number of likely N-dealkylation sites (tertiary alicyclic amines) is 1. The summed E-state index contributed by atoms with van der Waals surface area (Å²) in [7, 11) is 1.28. The number of benzene rings is 2. The molecule has 8 nitrogen and oxygen atoms in total. The predicted octanol–water partition coefficient (Wildman–Crippen LogP) is 4.07. The lowest BCUT2D eigenvalue weighted by molar-refractivity contribution is -0.384. The first-order chi connectivity index (χ1) is 14.8. The molecule has 9 heteroatoms. The summed E-state index contributed by atoms with van der Waals surface area (Å²) in [6.45, 7) is 2.21. The number of piperidine rings is 1. The van der Waals surface area contributed by atoms with Gasteiger partial charge in [-0.05, 0) is 42.2 Å². The summed E-state index contributed by atoms with van der Waals surface area (Å²) >= 11 is 0. The summed E-state index contributed by atoms with van der Waals surface area (Å²) in [6.07, 6.45) is 0.284. The van der Waals surface area contributed by atoms with E-state index >= 15 is 0 Å². The Labute approximate surface area is 178 Å². The summed E-state index contributed by atoms with van der Waals surface area (Å²) in [5.41, 5.74) is 1.16. The van der Waals surface area contributed by atoms with Gasteiger partial charge in [-0.15, -0.1) is 0 Å². The van der Waals surface area contributed by atoms with Crippen molar-refractivity contribution in [1.29, 1.82) is 0 Å². The standard InChI is InChI=1S/C22H23FN2O6/c1-3-14-4-5-15(11-20(14)23)16-10-17(21(26)30-2)13-24(12-16)22(27)31-19-8-6-18(7-9-19)25(28)29/h4-9,11,16-17H,3,10,12-13H2,1-2H3.